The van der Waals surface area contributed by atoms with E-state index < -0.39 is 24.3 Å². The molecule has 0 fully saturated rings. The topological polar surface area (TPSA) is 131 Å². The maximum Gasteiger partial charge on any atom is 0.337 e. The minimum absolute atomic E-state index is 0.0961. The van der Waals surface area contributed by atoms with Crippen molar-refractivity contribution in [3.63, 3.8) is 0 Å². The Morgan fingerprint density at radius 1 is 1.17 bits per heavy atom. The van der Waals surface area contributed by atoms with E-state index in [0.29, 0.717) is 29.4 Å². The number of amides is 2. The van der Waals surface area contributed by atoms with Crippen molar-refractivity contribution >= 4 is 18.2 Å². The van der Waals surface area contributed by atoms with Gasteiger partial charge in [-0.25, -0.2) is 9.59 Å². The number of hydrogen-bond donors (Lipinski definition) is 4. The Balaban J connectivity index is 1.71. The minimum atomic E-state index is -1.06. The van der Waals surface area contributed by atoms with Crippen molar-refractivity contribution < 1.29 is 28.9 Å². The second kappa shape index (κ2) is 11.9. The molecule has 0 saturated heterocycles. The van der Waals surface area contributed by atoms with Gasteiger partial charge in [0.25, 0.3) is 0 Å². The van der Waals surface area contributed by atoms with Crippen LogP contribution in [0, 0.1) is 6.92 Å². The fourth-order valence-electron chi connectivity index (χ4n) is 3.47. The molecule has 1 aliphatic rings. The molecular weight excluding hydrogens is 452 g/mol. The van der Waals surface area contributed by atoms with Crippen LogP contribution in [0.25, 0.3) is 0 Å². The number of urea groups is 1. The summed E-state index contributed by atoms with van der Waals surface area (Å²) >= 11 is 0. The molecule has 0 bridgehead atoms. The maximum absolute atomic E-state index is 12.3. The fraction of sp³-hybridized carbons (Fsp3) is 0.320. The second-order valence-corrected chi connectivity index (χ2v) is 7.83. The van der Waals surface area contributed by atoms with Crippen molar-refractivity contribution in [1.29, 1.82) is 0 Å². The molecule has 1 aliphatic heterocycles. The van der Waals surface area contributed by atoms with E-state index in [0.717, 1.165) is 11.1 Å². The third kappa shape index (κ3) is 6.73. The largest absolute Gasteiger partial charge is 0.490 e. The number of esters is 1. The van der Waals surface area contributed by atoms with Crippen LogP contribution in [0.4, 0.5) is 4.79 Å². The van der Waals surface area contributed by atoms with Gasteiger partial charge >= 0.3 is 12.0 Å². The number of nitrogens with zero attached hydrogens (tertiary/aromatic N) is 1. The molecule has 0 saturated carbocycles. The zero-order valence-corrected chi connectivity index (χ0v) is 20.1. The first-order chi connectivity index (χ1) is 16.8. The van der Waals surface area contributed by atoms with Crippen molar-refractivity contribution in [3.8, 4) is 11.5 Å². The molecule has 1 heterocycles. The summed E-state index contributed by atoms with van der Waals surface area (Å²) in [6.45, 7) is 5.72. The van der Waals surface area contributed by atoms with Crippen molar-refractivity contribution in [2.75, 3.05) is 20.3 Å². The average Bonchev–Trinajstić information content (AvgIpc) is 2.83. The molecule has 2 aromatic carbocycles. The number of carbonyl (C=O) groups excluding carboxylic acids is 2. The smallest absolute Gasteiger partial charge is 0.337 e. The first-order valence-electron chi connectivity index (χ1n) is 11.1. The molecular formula is C25H30N4O6. The number of ether oxygens (including phenoxy) is 3. The fourth-order valence-corrected chi connectivity index (χ4v) is 3.47. The molecule has 186 valence electrons. The normalized spacial score (nSPS) is 16.4. The van der Waals surface area contributed by atoms with Gasteiger partial charge in [-0.05, 0) is 44.0 Å². The van der Waals surface area contributed by atoms with Gasteiger partial charge in [0.05, 0.1) is 31.5 Å². The zero-order chi connectivity index (χ0) is 25.4. The lowest BCUT2D eigenvalue weighted by Gasteiger charge is -2.28. The monoisotopic (exact) mass is 482 g/mol. The van der Waals surface area contributed by atoms with Gasteiger partial charge in [-0.2, -0.15) is 5.10 Å². The van der Waals surface area contributed by atoms with E-state index in [-0.39, 0.29) is 12.2 Å². The first-order valence-corrected chi connectivity index (χ1v) is 11.1. The number of nitrogens with one attached hydrogen (secondary N) is 3. The summed E-state index contributed by atoms with van der Waals surface area (Å²) in [4.78, 5) is 24.4. The van der Waals surface area contributed by atoms with Crippen molar-refractivity contribution in [3.05, 3.63) is 70.4 Å². The van der Waals surface area contributed by atoms with E-state index >= 15 is 0 Å². The van der Waals surface area contributed by atoms with Crippen LogP contribution in [0.3, 0.4) is 0 Å². The Labute approximate surface area is 204 Å². The summed E-state index contributed by atoms with van der Waals surface area (Å²) in [5, 5.41) is 19.5. The highest BCUT2D eigenvalue weighted by Crippen LogP contribution is 2.34. The standard InChI is InChI=1S/C25H30N4O6/c1-5-34-20-12-18(23-22(24(31)33-4)16(3)27-25(32)28-23)10-11-19(20)35-14-21(30)29-26-13-17-8-6-15(2)7-9-17/h6-13,21,23,29-30H,5,14H2,1-4H3,(H2,27,28,32)/b26-13-/t21-,23+/m0/s1. The van der Waals surface area contributed by atoms with Crippen LogP contribution in [0.15, 0.2) is 58.8 Å². The summed E-state index contributed by atoms with van der Waals surface area (Å²) in [5.74, 6) is 0.230. The molecule has 2 amide bonds. The molecule has 0 aliphatic carbocycles. The van der Waals surface area contributed by atoms with Crippen molar-refractivity contribution in [1.82, 2.24) is 16.1 Å². The van der Waals surface area contributed by atoms with Gasteiger partial charge in [-0.15, -0.1) is 0 Å². The molecule has 3 rings (SSSR count). The van der Waals surface area contributed by atoms with Crippen molar-refractivity contribution in [2.45, 2.75) is 33.0 Å². The predicted molar refractivity (Wildman–Crippen MR) is 130 cm³/mol. The molecule has 10 heteroatoms. The van der Waals surface area contributed by atoms with Crippen LogP contribution in [0.5, 0.6) is 11.5 Å². The van der Waals surface area contributed by atoms with E-state index in [4.69, 9.17) is 14.2 Å². The number of aliphatic hydroxyl groups is 1. The number of methoxy groups -OCH3 is 1. The maximum atomic E-state index is 12.3. The van der Waals surface area contributed by atoms with Crippen LogP contribution in [0.1, 0.15) is 36.6 Å². The lowest BCUT2D eigenvalue weighted by molar-refractivity contribution is -0.136. The van der Waals surface area contributed by atoms with E-state index in [1.54, 1.807) is 31.3 Å². The van der Waals surface area contributed by atoms with Crippen LogP contribution in [-0.2, 0) is 9.53 Å². The van der Waals surface area contributed by atoms with Gasteiger partial charge in [0, 0.05) is 5.70 Å². The molecule has 0 unspecified atom stereocenters. The van der Waals surface area contributed by atoms with E-state index in [9.17, 15) is 14.7 Å². The molecule has 35 heavy (non-hydrogen) atoms. The highest BCUT2D eigenvalue weighted by molar-refractivity contribution is 5.95. The Morgan fingerprint density at radius 2 is 1.91 bits per heavy atom. The molecule has 0 aromatic heterocycles. The summed E-state index contributed by atoms with van der Waals surface area (Å²) in [7, 11) is 1.28. The molecule has 2 aromatic rings. The Bertz CT molecular complexity index is 1110. The number of aryl methyl sites for hydroxylation is 1. The third-order valence-electron chi connectivity index (χ3n) is 5.19. The highest BCUT2D eigenvalue weighted by atomic mass is 16.5. The first kappa shape index (κ1) is 25.6. The molecule has 0 spiro atoms. The van der Waals surface area contributed by atoms with Crippen LogP contribution in [-0.4, -0.2) is 49.9 Å². The average molecular weight is 483 g/mol. The number of hydrogen-bond acceptors (Lipinski definition) is 8. The zero-order valence-electron chi connectivity index (χ0n) is 20.1. The summed E-state index contributed by atoms with van der Waals surface area (Å²) in [5.41, 5.74) is 5.96. The summed E-state index contributed by atoms with van der Waals surface area (Å²) in [6, 6.07) is 11.7. The van der Waals surface area contributed by atoms with E-state index in [1.165, 1.54) is 7.11 Å². The highest BCUT2D eigenvalue weighted by Gasteiger charge is 2.32. The molecule has 0 radical (unpaired) electrons. The summed E-state index contributed by atoms with van der Waals surface area (Å²) < 4.78 is 16.3. The molecule has 4 N–H and O–H groups in total. The van der Waals surface area contributed by atoms with Gasteiger partial charge in [0.2, 0.25) is 0 Å². The van der Waals surface area contributed by atoms with Gasteiger partial charge in [-0.1, -0.05) is 35.9 Å². The number of rotatable bonds is 10. The number of allylic oxidation sites excluding steroid dienone is 1. The minimum Gasteiger partial charge on any atom is -0.490 e. The van der Waals surface area contributed by atoms with Crippen LogP contribution < -0.4 is 25.5 Å². The third-order valence-corrected chi connectivity index (χ3v) is 5.19. The number of benzene rings is 2. The Hall–Kier alpha value is -4.05. The van der Waals surface area contributed by atoms with E-state index in [2.05, 4.69) is 21.2 Å². The second-order valence-electron chi connectivity index (χ2n) is 7.83. The van der Waals surface area contributed by atoms with Gasteiger partial charge in [-0.3, -0.25) is 5.43 Å². The van der Waals surface area contributed by atoms with E-state index in [1.807, 2.05) is 38.1 Å². The van der Waals surface area contributed by atoms with Crippen molar-refractivity contribution in [2.24, 2.45) is 5.10 Å². The lowest BCUT2D eigenvalue weighted by Crippen LogP contribution is -2.45. The SMILES string of the molecule is CCOc1cc([C@H]2NC(=O)NC(C)=C2C(=O)OC)ccc1OC[C@H](O)N/N=C\c1ccc(C)cc1. The summed E-state index contributed by atoms with van der Waals surface area (Å²) in [6.07, 6.45) is 0.538. The van der Waals surface area contributed by atoms with Gasteiger partial charge in [0.15, 0.2) is 17.7 Å². The Kier molecular flexibility index (Phi) is 8.69. The molecule has 10 nitrogen and oxygen atoms in total. The van der Waals surface area contributed by atoms with Crippen LogP contribution >= 0.6 is 0 Å². The predicted octanol–water partition coefficient (Wildman–Crippen LogP) is 2.52. The number of aliphatic hydroxyl groups excluding tert-OH is 1. The van der Waals surface area contributed by atoms with Crippen LogP contribution in [0.2, 0.25) is 0 Å². The van der Waals surface area contributed by atoms with Gasteiger partial charge in [0.1, 0.15) is 6.61 Å². The molecule has 2 atom stereocenters. The van der Waals surface area contributed by atoms with Gasteiger partial charge < -0.3 is 30.0 Å². The number of hydrazone groups is 1. The number of carbonyl (C=O) groups is 2. The quantitative estimate of drug-likeness (QED) is 0.177. The Morgan fingerprint density at radius 3 is 2.60 bits per heavy atom. The lowest BCUT2D eigenvalue weighted by atomic mass is 9.95.